The first-order valence-corrected chi connectivity index (χ1v) is 3.95. The van der Waals surface area contributed by atoms with E-state index in [-0.39, 0.29) is 23.8 Å². The van der Waals surface area contributed by atoms with Gasteiger partial charge in [0.05, 0.1) is 11.1 Å². The fraction of sp³-hybridized carbons (Fsp3) is 0. The second-order valence-electron chi connectivity index (χ2n) is 2.87. The molecule has 0 atom stereocenters. The first-order chi connectivity index (χ1) is 6.66. The average Bonchev–Trinajstić information content (AvgIpc) is 2.16. The average molecular weight is 228 g/mol. The number of aromatic nitrogens is 1. The second-order valence-corrected chi connectivity index (χ2v) is 2.87. The molecule has 0 saturated heterocycles. The Bertz CT molecular complexity index is 516. The van der Waals surface area contributed by atoms with Crippen molar-refractivity contribution in [1.82, 2.24) is 4.98 Å². The number of benzene rings is 1. The van der Waals surface area contributed by atoms with Crippen molar-refractivity contribution in [2.24, 2.45) is 0 Å². The van der Waals surface area contributed by atoms with Crippen molar-refractivity contribution in [1.29, 1.82) is 0 Å². The van der Waals surface area contributed by atoms with Gasteiger partial charge in [0.2, 0.25) is 0 Å². The summed E-state index contributed by atoms with van der Waals surface area (Å²) in [6.07, 6.45) is 1.21. The van der Waals surface area contributed by atoms with Crippen LogP contribution in [0.5, 0.6) is 0 Å². The van der Waals surface area contributed by atoms with Gasteiger partial charge in [-0.05, 0) is 18.2 Å². The summed E-state index contributed by atoms with van der Waals surface area (Å²) >= 11 is 0. The van der Waals surface area contributed by atoms with Gasteiger partial charge in [-0.2, -0.15) is 0 Å². The lowest BCUT2D eigenvalue weighted by Gasteiger charge is -1.98. The molecule has 0 radical (unpaired) electrons. The van der Waals surface area contributed by atoms with Crippen LogP contribution in [0.1, 0.15) is 10.4 Å². The highest BCUT2D eigenvalue weighted by molar-refractivity contribution is 5.92. The first-order valence-electron chi connectivity index (χ1n) is 3.95. The van der Waals surface area contributed by atoms with Crippen molar-refractivity contribution in [3.05, 3.63) is 41.8 Å². The van der Waals surface area contributed by atoms with E-state index in [0.29, 0.717) is 10.9 Å². The van der Waals surface area contributed by atoms with Gasteiger partial charge in [0.1, 0.15) is 5.82 Å². The molecule has 1 aromatic heterocycles. The van der Waals surface area contributed by atoms with Crippen LogP contribution in [0.15, 0.2) is 30.5 Å². The van der Waals surface area contributed by atoms with Crippen LogP contribution in [-0.2, 0) is 0 Å². The van der Waals surface area contributed by atoms with E-state index in [9.17, 15) is 9.18 Å². The summed E-state index contributed by atoms with van der Waals surface area (Å²) in [5.74, 6) is -1.42. The number of carboxylic acids is 1. The zero-order valence-electron chi connectivity index (χ0n) is 7.48. The van der Waals surface area contributed by atoms with Gasteiger partial charge in [-0.25, -0.2) is 9.18 Å². The van der Waals surface area contributed by atoms with Crippen molar-refractivity contribution < 1.29 is 14.3 Å². The number of carbonyl (C=O) groups is 1. The lowest BCUT2D eigenvalue weighted by Crippen LogP contribution is -1.96. The van der Waals surface area contributed by atoms with Gasteiger partial charge >= 0.3 is 5.97 Å². The van der Waals surface area contributed by atoms with E-state index in [0.717, 1.165) is 0 Å². The molecule has 2 aromatic rings. The molecule has 78 valence electrons. The number of rotatable bonds is 1. The van der Waals surface area contributed by atoms with Gasteiger partial charge < -0.3 is 5.11 Å². The maximum Gasteiger partial charge on any atom is 0.337 e. The topological polar surface area (TPSA) is 50.2 Å². The summed E-state index contributed by atoms with van der Waals surface area (Å²) in [7, 11) is 0. The Kier molecular flexibility index (Phi) is 3.21. The van der Waals surface area contributed by atoms with Crippen LogP contribution in [0.4, 0.5) is 4.39 Å². The quantitative estimate of drug-likeness (QED) is 0.814. The molecule has 1 aromatic carbocycles. The van der Waals surface area contributed by atoms with E-state index >= 15 is 0 Å². The smallest absolute Gasteiger partial charge is 0.337 e. The van der Waals surface area contributed by atoms with E-state index in [2.05, 4.69) is 4.98 Å². The summed E-state index contributed by atoms with van der Waals surface area (Å²) in [5, 5.41) is 9.30. The number of halogens is 2. The maximum atomic E-state index is 12.7. The number of pyridine rings is 1. The van der Waals surface area contributed by atoms with Crippen molar-refractivity contribution in [2.75, 3.05) is 0 Å². The molecule has 0 fully saturated rings. The van der Waals surface area contributed by atoms with Gasteiger partial charge in [-0.3, -0.25) is 4.98 Å². The van der Waals surface area contributed by atoms with Crippen LogP contribution >= 0.6 is 12.4 Å². The van der Waals surface area contributed by atoms with E-state index in [4.69, 9.17) is 5.11 Å². The molecule has 5 heteroatoms. The second kappa shape index (κ2) is 4.23. The van der Waals surface area contributed by atoms with Gasteiger partial charge in [0, 0.05) is 17.6 Å². The zero-order chi connectivity index (χ0) is 10.1. The number of nitrogens with zero attached hydrogens (tertiary/aromatic N) is 1. The maximum absolute atomic E-state index is 12.7. The molecule has 2 rings (SSSR count). The van der Waals surface area contributed by atoms with Crippen LogP contribution in [0, 0.1) is 5.82 Å². The van der Waals surface area contributed by atoms with Crippen LogP contribution in [-0.4, -0.2) is 16.1 Å². The molecule has 0 aliphatic carbocycles. The van der Waals surface area contributed by atoms with Crippen molar-refractivity contribution in [2.45, 2.75) is 0 Å². The molecular formula is C10H7ClFNO2. The molecular weight excluding hydrogens is 221 g/mol. The van der Waals surface area contributed by atoms with E-state index in [1.54, 1.807) is 0 Å². The standard InChI is InChI=1S/C10H6FNO2.ClH/c11-8-2-1-6-3-7(10(13)14)5-12-9(6)4-8;/h1-5H,(H,13,14);1H. The number of aromatic carboxylic acids is 1. The third kappa shape index (κ3) is 2.22. The molecule has 0 unspecified atom stereocenters. The van der Waals surface area contributed by atoms with Crippen molar-refractivity contribution in [3.8, 4) is 0 Å². The summed E-state index contributed by atoms with van der Waals surface area (Å²) in [6, 6.07) is 5.50. The third-order valence-corrected chi connectivity index (χ3v) is 1.89. The van der Waals surface area contributed by atoms with Crippen LogP contribution < -0.4 is 0 Å². The highest BCUT2D eigenvalue weighted by Crippen LogP contribution is 2.14. The molecule has 0 saturated carbocycles. The Morgan fingerprint density at radius 1 is 1.33 bits per heavy atom. The Balaban J connectivity index is 0.00000112. The van der Waals surface area contributed by atoms with E-state index in [1.165, 1.54) is 30.5 Å². The predicted octanol–water partition coefficient (Wildman–Crippen LogP) is 2.49. The molecule has 1 heterocycles. The Labute approximate surface area is 91.0 Å². The number of fused-ring (bicyclic) bond motifs is 1. The van der Waals surface area contributed by atoms with E-state index in [1.807, 2.05) is 0 Å². The Hall–Kier alpha value is -1.68. The highest BCUT2D eigenvalue weighted by atomic mass is 35.5. The monoisotopic (exact) mass is 227 g/mol. The fourth-order valence-electron chi connectivity index (χ4n) is 1.21. The highest BCUT2D eigenvalue weighted by Gasteiger charge is 2.04. The molecule has 0 amide bonds. The first kappa shape index (κ1) is 11.4. The molecule has 0 bridgehead atoms. The number of hydrogen-bond acceptors (Lipinski definition) is 2. The van der Waals surface area contributed by atoms with Gasteiger partial charge in [-0.15, -0.1) is 12.4 Å². The summed E-state index contributed by atoms with van der Waals surface area (Å²) in [6.45, 7) is 0. The molecule has 1 N–H and O–H groups in total. The van der Waals surface area contributed by atoms with Crippen LogP contribution in [0.3, 0.4) is 0 Å². The normalized spacial score (nSPS) is 9.67. The molecule has 0 spiro atoms. The minimum atomic E-state index is -1.04. The Morgan fingerprint density at radius 3 is 2.73 bits per heavy atom. The van der Waals surface area contributed by atoms with Gasteiger partial charge in [-0.1, -0.05) is 0 Å². The molecule has 0 aliphatic heterocycles. The van der Waals surface area contributed by atoms with Gasteiger partial charge in [0.15, 0.2) is 0 Å². The molecule has 3 nitrogen and oxygen atoms in total. The summed E-state index contributed by atoms with van der Waals surface area (Å²) in [5.41, 5.74) is 0.555. The minimum Gasteiger partial charge on any atom is -0.478 e. The SMILES string of the molecule is Cl.O=C(O)c1cnc2cc(F)ccc2c1. The zero-order valence-corrected chi connectivity index (χ0v) is 8.29. The van der Waals surface area contributed by atoms with Crippen LogP contribution in [0.2, 0.25) is 0 Å². The number of carboxylic acid groups (broad SMARTS) is 1. The third-order valence-electron chi connectivity index (χ3n) is 1.89. The van der Waals surface area contributed by atoms with Crippen molar-refractivity contribution >= 4 is 29.3 Å². The molecule has 15 heavy (non-hydrogen) atoms. The summed E-state index contributed by atoms with van der Waals surface area (Å²) < 4.78 is 12.7. The number of hydrogen-bond donors (Lipinski definition) is 1. The fourth-order valence-corrected chi connectivity index (χ4v) is 1.21. The van der Waals surface area contributed by atoms with E-state index < -0.39 is 5.97 Å². The summed E-state index contributed by atoms with van der Waals surface area (Å²) in [4.78, 5) is 14.4. The lowest BCUT2D eigenvalue weighted by atomic mass is 10.1. The van der Waals surface area contributed by atoms with Crippen molar-refractivity contribution in [3.63, 3.8) is 0 Å². The predicted molar refractivity (Wildman–Crippen MR) is 55.9 cm³/mol. The van der Waals surface area contributed by atoms with Crippen LogP contribution in [0.25, 0.3) is 10.9 Å². The molecule has 0 aliphatic rings. The largest absolute Gasteiger partial charge is 0.478 e. The minimum absolute atomic E-state index is 0. The van der Waals surface area contributed by atoms with Gasteiger partial charge in [0.25, 0.3) is 0 Å². The Morgan fingerprint density at radius 2 is 2.07 bits per heavy atom. The lowest BCUT2D eigenvalue weighted by molar-refractivity contribution is 0.0696.